The molecule has 24 heavy (non-hydrogen) atoms. The molecular weight excluding hydrogens is 320 g/mol. The zero-order valence-corrected chi connectivity index (χ0v) is 13.6. The Morgan fingerprint density at radius 1 is 0.833 bits per heavy atom. The van der Waals surface area contributed by atoms with Gasteiger partial charge in [-0.3, -0.25) is 4.79 Å². The summed E-state index contributed by atoms with van der Waals surface area (Å²) in [5, 5.41) is 4.54. The SMILES string of the molecule is O=C(N/N=C/c1ccccc1Cl)c1ccc(-c2ccccc2)cc1. The molecular formula is C20H15ClN2O. The van der Waals surface area contributed by atoms with Crippen molar-refractivity contribution in [2.24, 2.45) is 5.10 Å². The van der Waals surface area contributed by atoms with Crippen LogP contribution in [0.1, 0.15) is 15.9 Å². The number of carbonyl (C=O) groups excluding carboxylic acids is 1. The number of amides is 1. The topological polar surface area (TPSA) is 41.5 Å². The number of nitrogens with one attached hydrogen (secondary N) is 1. The molecule has 3 rings (SSSR count). The quantitative estimate of drug-likeness (QED) is 0.542. The van der Waals surface area contributed by atoms with E-state index in [0.29, 0.717) is 10.6 Å². The average Bonchev–Trinajstić information content (AvgIpc) is 2.64. The van der Waals surface area contributed by atoms with Crippen molar-refractivity contribution in [2.75, 3.05) is 0 Å². The fourth-order valence-corrected chi connectivity index (χ4v) is 2.43. The summed E-state index contributed by atoms with van der Waals surface area (Å²) in [5.41, 5.74) is 5.98. The summed E-state index contributed by atoms with van der Waals surface area (Å²) in [4.78, 5) is 12.1. The number of nitrogens with zero attached hydrogens (tertiary/aromatic N) is 1. The highest BCUT2D eigenvalue weighted by atomic mass is 35.5. The number of carbonyl (C=O) groups is 1. The van der Waals surface area contributed by atoms with Crippen molar-refractivity contribution in [3.05, 3.63) is 95.0 Å². The van der Waals surface area contributed by atoms with Crippen LogP contribution in [0.25, 0.3) is 11.1 Å². The van der Waals surface area contributed by atoms with Gasteiger partial charge in [-0.2, -0.15) is 5.10 Å². The molecule has 0 aromatic heterocycles. The van der Waals surface area contributed by atoms with E-state index < -0.39 is 0 Å². The Morgan fingerprint density at radius 2 is 1.46 bits per heavy atom. The lowest BCUT2D eigenvalue weighted by Crippen LogP contribution is -2.17. The Balaban J connectivity index is 1.66. The highest BCUT2D eigenvalue weighted by Gasteiger charge is 2.05. The van der Waals surface area contributed by atoms with E-state index in [9.17, 15) is 4.79 Å². The van der Waals surface area contributed by atoms with Gasteiger partial charge in [0.25, 0.3) is 5.91 Å². The minimum Gasteiger partial charge on any atom is -0.267 e. The second-order valence-corrected chi connectivity index (χ2v) is 5.57. The second kappa shape index (κ2) is 7.57. The van der Waals surface area contributed by atoms with Crippen LogP contribution < -0.4 is 5.43 Å². The van der Waals surface area contributed by atoms with Crippen molar-refractivity contribution >= 4 is 23.7 Å². The average molecular weight is 335 g/mol. The lowest BCUT2D eigenvalue weighted by molar-refractivity contribution is 0.0955. The highest BCUT2D eigenvalue weighted by molar-refractivity contribution is 6.33. The van der Waals surface area contributed by atoms with E-state index in [1.54, 1.807) is 18.2 Å². The van der Waals surface area contributed by atoms with Crippen molar-refractivity contribution in [3.63, 3.8) is 0 Å². The number of rotatable bonds is 4. The minimum absolute atomic E-state index is 0.266. The van der Waals surface area contributed by atoms with Crippen LogP contribution in [0.5, 0.6) is 0 Å². The highest BCUT2D eigenvalue weighted by Crippen LogP contribution is 2.19. The summed E-state index contributed by atoms with van der Waals surface area (Å²) in [5.74, 6) is -0.266. The zero-order valence-electron chi connectivity index (χ0n) is 12.8. The predicted octanol–water partition coefficient (Wildman–Crippen LogP) is 4.77. The van der Waals surface area contributed by atoms with Gasteiger partial charge in [0.2, 0.25) is 0 Å². The maximum Gasteiger partial charge on any atom is 0.271 e. The van der Waals surface area contributed by atoms with Gasteiger partial charge in [-0.05, 0) is 29.3 Å². The Morgan fingerprint density at radius 3 is 2.17 bits per heavy atom. The third kappa shape index (κ3) is 3.89. The first kappa shape index (κ1) is 16.0. The Labute approximate surface area is 145 Å². The predicted molar refractivity (Wildman–Crippen MR) is 98.4 cm³/mol. The number of benzene rings is 3. The first-order valence-electron chi connectivity index (χ1n) is 7.47. The lowest BCUT2D eigenvalue weighted by atomic mass is 10.0. The van der Waals surface area contributed by atoms with E-state index in [4.69, 9.17) is 11.6 Å². The first-order valence-corrected chi connectivity index (χ1v) is 7.85. The molecule has 3 nitrogen and oxygen atoms in total. The van der Waals surface area contributed by atoms with Gasteiger partial charge in [0.15, 0.2) is 0 Å². The Kier molecular flexibility index (Phi) is 5.04. The first-order chi connectivity index (χ1) is 11.7. The Hall–Kier alpha value is -2.91. The maximum absolute atomic E-state index is 12.1. The van der Waals surface area contributed by atoms with Crippen molar-refractivity contribution < 1.29 is 4.79 Å². The van der Waals surface area contributed by atoms with Crippen molar-refractivity contribution in [1.82, 2.24) is 5.43 Å². The third-order valence-electron chi connectivity index (χ3n) is 3.53. The van der Waals surface area contributed by atoms with Gasteiger partial charge in [-0.15, -0.1) is 0 Å². The number of hydrazone groups is 1. The molecule has 0 atom stereocenters. The molecule has 3 aromatic rings. The molecule has 0 bridgehead atoms. The van der Waals surface area contributed by atoms with E-state index in [1.807, 2.05) is 60.7 Å². The third-order valence-corrected chi connectivity index (χ3v) is 3.87. The summed E-state index contributed by atoms with van der Waals surface area (Å²) in [6.07, 6.45) is 1.53. The largest absolute Gasteiger partial charge is 0.271 e. The smallest absolute Gasteiger partial charge is 0.267 e. The second-order valence-electron chi connectivity index (χ2n) is 5.16. The molecule has 0 fully saturated rings. The van der Waals surface area contributed by atoms with Crippen LogP contribution in [0.2, 0.25) is 5.02 Å². The zero-order chi connectivity index (χ0) is 16.8. The van der Waals surface area contributed by atoms with Crippen molar-refractivity contribution in [3.8, 4) is 11.1 Å². The maximum atomic E-state index is 12.1. The molecule has 1 amide bonds. The van der Waals surface area contributed by atoms with Gasteiger partial charge >= 0.3 is 0 Å². The molecule has 4 heteroatoms. The van der Waals surface area contributed by atoms with Gasteiger partial charge in [0, 0.05) is 16.1 Å². The summed E-state index contributed by atoms with van der Waals surface area (Å²) >= 11 is 6.03. The molecule has 0 unspecified atom stereocenters. The normalized spacial score (nSPS) is 10.7. The molecule has 3 aromatic carbocycles. The van der Waals surface area contributed by atoms with Gasteiger partial charge < -0.3 is 0 Å². The van der Waals surface area contributed by atoms with Crippen molar-refractivity contribution in [1.29, 1.82) is 0 Å². The number of hydrogen-bond donors (Lipinski definition) is 1. The summed E-state index contributed by atoms with van der Waals surface area (Å²) < 4.78 is 0. The molecule has 0 saturated heterocycles. The molecule has 0 aliphatic rings. The van der Waals surface area contributed by atoms with Gasteiger partial charge in [-0.1, -0.05) is 72.3 Å². The molecule has 0 spiro atoms. The fourth-order valence-electron chi connectivity index (χ4n) is 2.25. The van der Waals surface area contributed by atoms with Gasteiger partial charge in [0.05, 0.1) is 6.21 Å². The number of halogens is 1. The molecule has 0 heterocycles. The van der Waals surface area contributed by atoms with E-state index in [1.165, 1.54) is 6.21 Å². The van der Waals surface area contributed by atoms with Crippen LogP contribution >= 0.6 is 11.6 Å². The standard InChI is InChI=1S/C20H15ClN2O/c21-19-9-5-4-8-18(19)14-22-23-20(24)17-12-10-16(11-13-17)15-6-2-1-3-7-15/h1-14H,(H,23,24)/b22-14+. The summed E-state index contributed by atoms with van der Waals surface area (Å²) in [7, 11) is 0. The van der Waals surface area contributed by atoms with Crippen LogP contribution in [-0.4, -0.2) is 12.1 Å². The molecule has 0 radical (unpaired) electrons. The fraction of sp³-hybridized carbons (Fsp3) is 0. The Bertz CT molecular complexity index is 858. The summed E-state index contributed by atoms with van der Waals surface area (Å²) in [6.45, 7) is 0. The van der Waals surface area contributed by atoms with E-state index in [0.717, 1.165) is 16.7 Å². The van der Waals surface area contributed by atoms with E-state index in [-0.39, 0.29) is 5.91 Å². The van der Waals surface area contributed by atoms with E-state index in [2.05, 4.69) is 10.5 Å². The van der Waals surface area contributed by atoms with Gasteiger partial charge in [0.1, 0.15) is 0 Å². The van der Waals surface area contributed by atoms with Crippen LogP contribution in [0.15, 0.2) is 84.0 Å². The molecule has 118 valence electrons. The monoisotopic (exact) mass is 334 g/mol. The molecule has 0 aliphatic heterocycles. The molecule has 0 aliphatic carbocycles. The summed E-state index contributed by atoms with van der Waals surface area (Å²) in [6, 6.07) is 24.7. The van der Waals surface area contributed by atoms with Crippen LogP contribution in [0, 0.1) is 0 Å². The lowest BCUT2D eigenvalue weighted by Gasteiger charge is -2.04. The van der Waals surface area contributed by atoms with E-state index >= 15 is 0 Å². The minimum atomic E-state index is -0.266. The van der Waals surface area contributed by atoms with Crippen molar-refractivity contribution in [2.45, 2.75) is 0 Å². The molecule has 1 N–H and O–H groups in total. The number of hydrogen-bond acceptors (Lipinski definition) is 2. The molecule has 0 saturated carbocycles. The van der Waals surface area contributed by atoms with Crippen LogP contribution in [0.3, 0.4) is 0 Å². The van der Waals surface area contributed by atoms with Crippen LogP contribution in [0.4, 0.5) is 0 Å². The van der Waals surface area contributed by atoms with Gasteiger partial charge in [-0.25, -0.2) is 5.43 Å². The van der Waals surface area contributed by atoms with Crippen LogP contribution in [-0.2, 0) is 0 Å².